The van der Waals surface area contributed by atoms with E-state index in [1.807, 2.05) is 0 Å². The Balaban J connectivity index is 3.23. The quantitative estimate of drug-likeness (QED) is 0.369. The number of hydrogen-bond acceptors (Lipinski definition) is 7. The number of carboxylic acids is 1. The number of rotatable bonds is 14. The second-order valence-electron chi connectivity index (χ2n) is 4.37. The first-order valence-electron chi connectivity index (χ1n) is 7.16. The number of carboxylic acid groups (broad SMARTS) is 1. The van der Waals surface area contributed by atoms with Crippen molar-refractivity contribution in [3.8, 4) is 0 Å². The van der Waals surface area contributed by atoms with Crippen LogP contribution in [-0.2, 0) is 33.3 Å². The monoisotopic (exact) mass is 320 g/mol. The van der Waals surface area contributed by atoms with Crippen molar-refractivity contribution in [3.05, 3.63) is 0 Å². The Morgan fingerprint density at radius 1 is 0.773 bits per heavy atom. The molecule has 0 aromatic carbocycles. The summed E-state index contributed by atoms with van der Waals surface area (Å²) in [6, 6.07) is 0. The summed E-state index contributed by atoms with van der Waals surface area (Å²) in [6.45, 7) is 1.39. The van der Waals surface area contributed by atoms with Gasteiger partial charge in [-0.25, -0.2) is 0 Å². The van der Waals surface area contributed by atoms with E-state index in [1.165, 1.54) is 7.11 Å². The Hall–Kier alpha value is -1.67. The van der Waals surface area contributed by atoms with Crippen LogP contribution >= 0.6 is 0 Å². The molecule has 0 atom stereocenters. The van der Waals surface area contributed by atoms with Crippen LogP contribution in [0.3, 0.4) is 0 Å². The normalized spacial score (nSPS) is 10.2. The number of esters is 2. The highest BCUT2D eigenvalue weighted by molar-refractivity contribution is 5.70. The molecular formula is C14H24O8. The molecule has 0 saturated heterocycles. The summed E-state index contributed by atoms with van der Waals surface area (Å²) in [7, 11) is 1.32. The van der Waals surface area contributed by atoms with Gasteiger partial charge in [-0.15, -0.1) is 0 Å². The number of unbranched alkanes of at least 4 members (excludes halogenated alkanes) is 1. The lowest BCUT2D eigenvalue weighted by Crippen LogP contribution is -2.13. The summed E-state index contributed by atoms with van der Waals surface area (Å²) in [5.74, 6) is -1.55. The summed E-state index contributed by atoms with van der Waals surface area (Å²) >= 11 is 0. The molecule has 0 rings (SSSR count). The van der Waals surface area contributed by atoms with Gasteiger partial charge in [0.15, 0.2) is 0 Å². The zero-order valence-corrected chi connectivity index (χ0v) is 12.9. The van der Waals surface area contributed by atoms with Crippen molar-refractivity contribution >= 4 is 17.9 Å². The van der Waals surface area contributed by atoms with E-state index in [9.17, 15) is 14.4 Å². The van der Waals surface area contributed by atoms with E-state index >= 15 is 0 Å². The topological polar surface area (TPSA) is 108 Å². The van der Waals surface area contributed by atoms with Crippen LogP contribution in [0.4, 0.5) is 0 Å². The third-order valence-electron chi connectivity index (χ3n) is 2.56. The minimum Gasteiger partial charge on any atom is -0.481 e. The SMILES string of the molecule is COC(=O)CCOCCOCCOC(=O)CCCCC(=O)O. The van der Waals surface area contributed by atoms with E-state index in [0.29, 0.717) is 26.1 Å². The van der Waals surface area contributed by atoms with Crippen LogP contribution in [0.25, 0.3) is 0 Å². The molecule has 0 heterocycles. The number of carbonyl (C=O) groups excluding carboxylic acids is 2. The number of ether oxygens (including phenoxy) is 4. The Bertz CT molecular complexity index is 329. The average Bonchev–Trinajstić information content (AvgIpc) is 2.49. The first kappa shape index (κ1) is 20.3. The van der Waals surface area contributed by atoms with Gasteiger partial charge in [-0.1, -0.05) is 0 Å². The molecule has 1 N–H and O–H groups in total. The van der Waals surface area contributed by atoms with Crippen LogP contribution in [0.1, 0.15) is 32.1 Å². The Kier molecular flexibility index (Phi) is 13.2. The van der Waals surface area contributed by atoms with Crippen LogP contribution in [0, 0.1) is 0 Å². The molecule has 0 bridgehead atoms. The van der Waals surface area contributed by atoms with Gasteiger partial charge in [-0.3, -0.25) is 14.4 Å². The van der Waals surface area contributed by atoms with Crippen LogP contribution in [0.5, 0.6) is 0 Å². The minimum absolute atomic E-state index is 0.0619. The molecular weight excluding hydrogens is 296 g/mol. The molecule has 8 nitrogen and oxygen atoms in total. The smallest absolute Gasteiger partial charge is 0.307 e. The molecule has 0 aromatic heterocycles. The Morgan fingerprint density at radius 3 is 2.00 bits per heavy atom. The number of aliphatic carboxylic acids is 1. The largest absolute Gasteiger partial charge is 0.481 e. The summed E-state index contributed by atoms with van der Waals surface area (Å²) in [5, 5.41) is 8.43. The van der Waals surface area contributed by atoms with Crippen molar-refractivity contribution in [2.45, 2.75) is 32.1 Å². The second-order valence-corrected chi connectivity index (χ2v) is 4.37. The molecule has 0 aliphatic heterocycles. The van der Waals surface area contributed by atoms with Crippen molar-refractivity contribution in [2.24, 2.45) is 0 Å². The molecule has 0 fully saturated rings. The maximum atomic E-state index is 11.3. The van der Waals surface area contributed by atoms with Gasteiger partial charge in [0.2, 0.25) is 0 Å². The maximum Gasteiger partial charge on any atom is 0.307 e. The molecule has 128 valence electrons. The number of hydrogen-bond donors (Lipinski definition) is 1. The van der Waals surface area contributed by atoms with Gasteiger partial charge in [0.05, 0.1) is 40.0 Å². The van der Waals surface area contributed by atoms with Gasteiger partial charge < -0.3 is 24.1 Å². The van der Waals surface area contributed by atoms with Crippen molar-refractivity contribution in [1.29, 1.82) is 0 Å². The van der Waals surface area contributed by atoms with Crippen LogP contribution in [-0.4, -0.2) is 63.2 Å². The number of carbonyl (C=O) groups is 3. The van der Waals surface area contributed by atoms with Crippen LogP contribution in [0.2, 0.25) is 0 Å². The molecule has 8 heteroatoms. The first-order valence-corrected chi connectivity index (χ1v) is 7.16. The molecule has 0 spiro atoms. The summed E-state index contributed by atoms with van der Waals surface area (Å²) in [5.41, 5.74) is 0. The second kappa shape index (κ2) is 14.3. The van der Waals surface area contributed by atoms with Crippen LogP contribution < -0.4 is 0 Å². The predicted molar refractivity (Wildman–Crippen MR) is 75.3 cm³/mol. The minimum atomic E-state index is -0.865. The molecule has 0 saturated carbocycles. The van der Waals surface area contributed by atoms with Crippen molar-refractivity contribution in [1.82, 2.24) is 0 Å². The van der Waals surface area contributed by atoms with Gasteiger partial charge in [-0.05, 0) is 12.8 Å². The van der Waals surface area contributed by atoms with Crippen LogP contribution in [0.15, 0.2) is 0 Å². The first-order chi connectivity index (χ1) is 10.6. The highest BCUT2D eigenvalue weighted by Gasteiger charge is 2.04. The van der Waals surface area contributed by atoms with Gasteiger partial charge in [0, 0.05) is 12.8 Å². The molecule has 0 unspecified atom stereocenters. The zero-order chi connectivity index (χ0) is 16.6. The van der Waals surface area contributed by atoms with E-state index in [0.717, 1.165) is 0 Å². The van der Waals surface area contributed by atoms with E-state index in [-0.39, 0.29) is 51.0 Å². The van der Waals surface area contributed by atoms with E-state index in [1.54, 1.807) is 0 Å². The number of methoxy groups -OCH3 is 1. The van der Waals surface area contributed by atoms with Gasteiger partial charge >= 0.3 is 17.9 Å². The van der Waals surface area contributed by atoms with Gasteiger partial charge in [-0.2, -0.15) is 0 Å². The molecule has 0 aliphatic carbocycles. The Morgan fingerprint density at radius 2 is 1.36 bits per heavy atom. The lowest BCUT2D eigenvalue weighted by Gasteiger charge is -2.06. The van der Waals surface area contributed by atoms with E-state index < -0.39 is 5.97 Å². The standard InChI is InChI=1S/C14H24O8/c1-19-13(17)6-7-20-8-9-21-10-11-22-14(18)5-3-2-4-12(15)16/h2-11H2,1H3,(H,15,16). The highest BCUT2D eigenvalue weighted by Crippen LogP contribution is 2.01. The molecule has 0 aliphatic rings. The highest BCUT2D eigenvalue weighted by atomic mass is 16.6. The summed E-state index contributed by atoms with van der Waals surface area (Å²) in [4.78, 5) is 32.3. The average molecular weight is 320 g/mol. The van der Waals surface area contributed by atoms with Crippen molar-refractivity contribution < 1.29 is 38.4 Å². The molecule has 0 aromatic rings. The Labute approximate surface area is 129 Å². The van der Waals surface area contributed by atoms with E-state index in [2.05, 4.69) is 4.74 Å². The fourth-order valence-electron chi connectivity index (χ4n) is 1.41. The predicted octanol–water partition coefficient (Wildman–Crippen LogP) is 0.771. The summed E-state index contributed by atoms with van der Waals surface area (Å²) in [6.07, 6.45) is 1.44. The molecule has 22 heavy (non-hydrogen) atoms. The fourth-order valence-corrected chi connectivity index (χ4v) is 1.41. The summed E-state index contributed by atoms with van der Waals surface area (Å²) < 4.78 is 19.7. The van der Waals surface area contributed by atoms with E-state index in [4.69, 9.17) is 19.3 Å². The van der Waals surface area contributed by atoms with Gasteiger partial charge in [0.1, 0.15) is 6.61 Å². The maximum absolute atomic E-state index is 11.3. The molecule has 0 amide bonds. The third-order valence-corrected chi connectivity index (χ3v) is 2.56. The van der Waals surface area contributed by atoms with Crippen molar-refractivity contribution in [3.63, 3.8) is 0 Å². The third kappa shape index (κ3) is 14.7. The fraction of sp³-hybridized carbons (Fsp3) is 0.786. The molecule has 0 radical (unpaired) electrons. The van der Waals surface area contributed by atoms with Crippen molar-refractivity contribution in [2.75, 3.05) is 40.1 Å². The lowest BCUT2D eigenvalue weighted by atomic mass is 10.2. The zero-order valence-electron chi connectivity index (χ0n) is 12.9. The lowest BCUT2D eigenvalue weighted by molar-refractivity contribution is -0.146. The van der Waals surface area contributed by atoms with Gasteiger partial charge in [0.25, 0.3) is 0 Å².